The summed E-state index contributed by atoms with van der Waals surface area (Å²) in [7, 11) is 0. The highest BCUT2D eigenvalue weighted by atomic mass is 16.5. The molecule has 0 spiro atoms. The van der Waals surface area contributed by atoms with E-state index in [4.69, 9.17) is 9.72 Å². The maximum absolute atomic E-state index is 12.9. The first-order chi connectivity index (χ1) is 15.6. The van der Waals surface area contributed by atoms with Crippen molar-refractivity contribution in [1.29, 1.82) is 0 Å². The summed E-state index contributed by atoms with van der Waals surface area (Å²) in [6, 6.07) is 14.3. The minimum atomic E-state index is 0.0790. The second kappa shape index (κ2) is 10.2. The van der Waals surface area contributed by atoms with E-state index >= 15 is 0 Å². The largest absolute Gasteiger partial charge is 0.494 e. The average molecular weight is 434 g/mol. The van der Waals surface area contributed by atoms with E-state index in [0.717, 1.165) is 41.1 Å². The molecule has 2 aromatic carbocycles. The zero-order chi connectivity index (χ0) is 22.5. The van der Waals surface area contributed by atoms with Gasteiger partial charge in [0.15, 0.2) is 0 Å². The van der Waals surface area contributed by atoms with Gasteiger partial charge in [-0.15, -0.1) is 0 Å². The molecule has 0 radical (unpaired) electrons. The number of amides is 1. The highest BCUT2D eigenvalue weighted by Gasteiger charge is 2.21. The summed E-state index contributed by atoms with van der Waals surface area (Å²) in [4.78, 5) is 19.8. The quantitative estimate of drug-likeness (QED) is 0.435. The van der Waals surface area contributed by atoms with Gasteiger partial charge < -0.3 is 14.2 Å². The van der Waals surface area contributed by atoms with E-state index < -0.39 is 0 Å². The topological polar surface area (TPSA) is 47.4 Å². The van der Waals surface area contributed by atoms with Crippen LogP contribution in [0.5, 0.6) is 5.75 Å². The Morgan fingerprint density at radius 1 is 1.06 bits per heavy atom. The zero-order valence-corrected chi connectivity index (χ0v) is 19.6. The summed E-state index contributed by atoms with van der Waals surface area (Å²) >= 11 is 0. The van der Waals surface area contributed by atoms with Gasteiger partial charge in [0.2, 0.25) is 0 Å². The Bertz CT molecular complexity index is 1040. The molecule has 0 aliphatic heterocycles. The van der Waals surface area contributed by atoms with Crippen molar-refractivity contribution in [2.75, 3.05) is 19.7 Å². The molecule has 1 aliphatic rings. The molecular formula is C27H35N3O2. The number of carbonyl (C=O) groups is 1. The Morgan fingerprint density at radius 2 is 1.78 bits per heavy atom. The Labute approximate surface area is 191 Å². The number of hydrogen-bond donors (Lipinski definition) is 0. The fourth-order valence-corrected chi connectivity index (χ4v) is 4.85. The molecule has 4 rings (SSSR count). The lowest BCUT2D eigenvalue weighted by atomic mass is 10.1. The fraction of sp³-hybridized carbons (Fsp3) is 0.481. The molecule has 5 heteroatoms. The van der Waals surface area contributed by atoms with Gasteiger partial charge >= 0.3 is 0 Å². The molecule has 1 fully saturated rings. The van der Waals surface area contributed by atoms with Crippen LogP contribution >= 0.6 is 0 Å². The normalized spacial score (nSPS) is 14.2. The van der Waals surface area contributed by atoms with Crippen molar-refractivity contribution in [3.8, 4) is 5.75 Å². The highest BCUT2D eigenvalue weighted by Crippen LogP contribution is 2.29. The average Bonchev–Trinajstić information content (AvgIpc) is 3.44. The molecule has 1 aromatic heterocycles. The molecule has 1 amide bonds. The van der Waals surface area contributed by atoms with Gasteiger partial charge in [-0.2, -0.15) is 0 Å². The molecule has 0 saturated heterocycles. The van der Waals surface area contributed by atoms with Crippen molar-refractivity contribution in [3.63, 3.8) is 0 Å². The van der Waals surface area contributed by atoms with Gasteiger partial charge in [0.25, 0.3) is 5.91 Å². The highest BCUT2D eigenvalue weighted by molar-refractivity contribution is 5.97. The monoisotopic (exact) mass is 433 g/mol. The molecule has 0 bridgehead atoms. The third-order valence-corrected chi connectivity index (χ3v) is 6.64. The van der Waals surface area contributed by atoms with Crippen molar-refractivity contribution < 1.29 is 9.53 Å². The van der Waals surface area contributed by atoms with Gasteiger partial charge in [-0.1, -0.05) is 25.0 Å². The first kappa shape index (κ1) is 22.4. The predicted octanol–water partition coefficient (Wildman–Crippen LogP) is 5.70. The van der Waals surface area contributed by atoms with Gasteiger partial charge in [-0.05, 0) is 75.4 Å². The predicted molar refractivity (Wildman–Crippen MR) is 129 cm³/mol. The number of benzene rings is 2. The van der Waals surface area contributed by atoms with Crippen LogP contribution in [0.3, 0.4) is 0 Å². The van der Waals surface area contributed by atoms with Crippen LogP contribution in [0.25, 0.3) is 11.0 Å². The number of imidazole rings is 1. The minimum absolute atomic E-state index is 0.0790. The van der Waals surface area contributed by atoms with E-state index in [2.05, 4.69) is 22.8 Å². The maximum Gasteiger partial charge on any atom is 0.253 e. The van der Waals surface area contributed by atoms with Gasteiger partial charge in [0.1, 0.15) is 11.6 Å². The maximum atomic E-state index is 12.9. The lowest BCUT2D eigenvalue weighted by molar-refractivity contribution is 0.0773. The lowest BCUT2D eigenvalue weighted by Gasteiger charge is -2.18. The van der Waals surface area contributed by atoms with Crippen molar-refractivity contribution in [2.24, 2.45) is 5.92 Å². The van der Waals surface area contributed by atoms with Crippen LogP contribution in [0.15, 0.2) is 42.5 Å². The SMILES string of the molecule is CCOc1ccc(Cc2nc3cc(C(=O)N(CC)CC)ccc3n2CC2CCCC2)cc1. The third-order valence-electron chi connectivity index (χ3n) is 6.64. The van der Waals surface area contributed by atoms with Crippen LogP contribution in [0.2, 0.25) is 0 Å². The van der Waals surface area contributed by atoms with Gasteiger partial charge in [0, 0.05) is 31.6 Å². The number of aromatic nitrogens is 2. The van der Waals surface area contributed by atoms with Crippen molar-refractivity contribution in [3.05, 3.63) is 59.4 Å². The number of hydrogen-bond acceptors (Lipinski definition) is 3. The molecule has 32 heavy (non-hydrogen) atoms. The molecule has 1 heterocycles. The van der Waals surface area contributed by atoms with E-state index in [1.165, 1.54) is 31.2 Å². The van der Waals surface area contributed by atoms with Gasteiger partial charge in [-0.25, -0.2) is 4.98 Å². The van der Waals surface area contributed by atoms with Crippen LogP contribution in [-0.4, -0.2) is 40.1 Å². The molecule has 1 aliphatic carbocycles. The van der Waals surface area contributed by atoms with Crippen LogP contribution in [-0.2, 0) is 13.0 Å². The minimum Gasteiger partial charge on any atom is -0.494 e. The summed E-state index contributed by atoms with van der Waals surface area (Å²) in [5.74, 6) is 2.76. The van der Waals surface area contributed by atoms with Crippen LogP contribution in [0.1, 0.15) is 68.2 Å². The molecule has 0 N–H and O–H groups in total. The van der Waals surface area contributed by atoms with E-state index in [-0.39, 0.29) is 5.91 Å². The summed E-state index contributed by atoms with van der Waals surface area (Å²) in [6.45, 7) is 9.14. The number of ether oxygens (including phenoxy) is 1. The standard InChI is InChI=1S/C27H35N3O2/c1-4-29(5-2)27(31)22-13-16-25-24(18-22)28-26(30(25)19-21-9-7-8-10-21)17-20-11-14-23(15-12-20)32-6-3/h11-16,18,21H,4-10,17,19H2,1-3H3. The Kier molecular flexibility index (Phi) is 7.13. The van der Waals surface area contributed by atoms with Crippen LogP contribution in [0, 0.1) is 5.92 Å². The second-order valence-corrected chi connectivity index (χ2v) is 8.72. The Hall–Kier alpha value is -2.82. The molecule has 1 saturated carbocycles. The van der Waals surface area contributed by atoms with Crippen molar-refractivity contribution >= 4 is 16.9 Å². The second-order valence-electron chi connectivity index (χ2n) is 8.72. The first-order valence-electron chi connectivity index (χ1n) is 12.1. The summed E-state index contributed by atoms with van der Waals surface area (Å²) in [6.07, 6.45) is 6.01. The summed E-state index contributed by atoms with van der Waals surface area (Å²) in [5.41, 5.74) is 3.99. The first-order valence-corrected chi connectivity index (χ1v) is 12.1. The van der Waals surface area contributed by atoms with E-state index in [9.17, 15) is 4.79 Å². The summed E-state index contributed by atoms with van der Waals surface area (Å²) in [5, 5.41) is 0. The molecule has 0 atom stereocenters. The number of carbonyl (C=O) groups excluding carboxylic acids is 1. The molecular weight excluding hydrogens is 398 g/mol. The van der Waals surface area contributed by atoms with E-state index in [1.807, 2.05) is 49.9 Å². The third kappa shape index (κ3) is 4.82. The Morgan fingerprint density at radius 3 is 2.44 bits per heavy atom. The van der Waals surface area contributed by atoms with E-state index in [0.29, 0.717) is 25.6 Å². The number of nitrogens with zero attached hydrogens (tertiary/aromatic N) is 3. The van der Waals surface area contributed by atoms with Crippen LogP contribution in [0.4, 0.5) is 0 Å². The smallest absolute Gasteiger partial charge is 0.253 e. The number of fused-ring (bicyclic) bond motifs is 1. The molecule has 0 unspecified atom stereocenters. The fourth-order valence-electron chi connectivity index (χ4n) is 4.85. The molecule has 170 valence electrons. The van der Waals surface area contributed by atoms with E-state index in [1.54, 1.807) is 0 Å². The molecule has 5 nitrogen and oxygen atoms in total. The van der Waals surface area contributed by atoms with Gasteiger partial charge in [0.05, 0.1) is 17.6 Å². The van der Waals surface area contributed by atoms with Crippen molar-refractivity contribution in [2.45, 2.75) is 59.4 Å². The lowest BCUT2D eigenvalue weighted by Crippen LogP contribution is -2.30. The van der Waals surface area contributed by atoms with Crippen molar-refractivity contribution in [1.82, 2.24) is 14.5 Å². The zero-order valence-electron chi connectivity index (χ0n) is 19.6. The Balaban J connectivity index is 1.67. The summed E-state index contributed by atoms with van der Waals surface area (Å²) < 4.78 is 7.98. The van der Waals surface area contributed by atoms with Crippen LogP contribution < -0.4 is 4.74 Å². The number of rotatable bonds is 9. The molecule has 3 aromatic rings. The van der Waals surface area contributed by atoms with Gasteiger partial charge in [-0.3, -0.25) is 4.79 Å².